The fourth-order valence-electron chi connectivity index (χ4n) is 9.86. The molecule has 14 aromatic rings. The largest absolute Gasteiger partial charge is 0.456 e. The van der Waals surface area contributed by atoms with E-state index >= 15 is 0 Å². The predicted molar refractivity (Wildman–Crippen MR) is 224 cm³/mol. The fraction of sp³-hybridized carbons (Fsp3) is 0. The van der Waals surface area contributed by atoms with Crippen LogP contribution in [0.3, 0.4) is 0 Å². The topological polar surface area (TPSA) is 35.1 Å². The van der Waals surface area contributed by atoms with Gasteiger partial charge in [-0.05, 0) is 70.8 Å². The van der Waals surface area contributed by atoms with Crippen molar-refractivity contribution in [3.8, 4) is 22.3 Å². The highest BCUT2D eigenvalue weighted by molar-refractivity contribution is 6.32. The maximum Gasteiger partial charge on any atom is 0.136 e. The Morgan fingerprint density at radius 2 is 0.630 bits per heavy atom. The summed E-state index contributed by atoms with van der Waals surface area (Å²) in [7, 11) is 0. The normalized spacial score (nSPS) is 12.8. The lowest BCUT2D eigenvalue weighted by Crippen LogP contribution is -1.83. The van der Waals surface area contributed by atoms with Crippen molar-refractivity contribution >= 4 is 109 Å². The van der Waals surface area contributed by atoms with E-state index in [2.05, 4.69) is 142 Å². The van der Waals surface area contributed by atoms with Gasteiger partial charge in [-0.15, -0.1) is 0 Å². The molecule has 6 heterocycles. The molecule has 8 aromatic carbocycles. The molecule has 0 aliphatic rings. The number of aromatic nitrogens is 2. The summed E-state index contributed by atoms with van der Waals surface area (Å²) in [5, 5.41) is 12.2. The second-order valence-electron chi connectivity index (χ2n) is 14.9. The smallest absolute Gasteiger partial charge is 0.136 e. The van der Waals surface area contributed by atoms with Crippen LogP contribution in [0.5, 0.6) is 0 Å². The van der Waals surface area contributed by atoms with Crippen molar-refractivity contribution < 1.29 is 8.83 Å². The Bertz CT molecular complexity index is 3650. The lowest BCUT2D eigenvalue weighted by Gasteiger charge is -2.05. The average Bonchev–Trinajstić information content (AvgIpc) is 4.05. The standard InChI is InChI=1S/C50H26N2O2/c1-3-13-43-33(7-1)35-21-17-29(25-45(35)53-43)27-15-19-31-37-9-5-11-39-47(37)51(41(31)23-27)49-40-12-6-10-38-32-20-16-28(24-42(32)52(48(38)40)50(39)49)30-18-22-36-34-8-2-4-14-44(34)54-46(36)26-30/h1-26H. The van der Waals surface area contributed by atoms with E-state index in [9.17, 15) is 0 Å². The molecule has 0 fully saturated rings. The van der Waals surface area contributed by atoms with Gasteiger partial charge in [0.15, 0.2) is 0 Å². The Labute approximate surface area is 305 Å². The van der Waals surface area contributed by atoms with Gasteiger partial charge in [0.25, 0.3) is 0 Å². The van der Waals surface area contributed by atoms with E-state index < -0.39 is 0 Å². The number of rotatable bonds is 2. The Morgan fingerprint density at radius 1 is 0.259 bits per heavy atom. The minimum absolute atomic E-state index is 0.913. The van der Waals surface area contributed by atoms with Crippen LogP contribution in [0.2, 0.25) is 0 Å². The molecular formula is C50H26N2O2. The number of nitrogens with zero attached hydrogens (tertiary/aromatic N) is 2. The maximum atomic E-state index is 6.30. The molecule has 0 atom stereocenters. The molecule has 4 nitrogen and oxygen atoms in total. The van der Waals surface area contributed by atoms with E-state index in [0.29, 0.717) is 0 Å². The van der Waals surface area contributed by atoms with Crippen molar-refractivity contribution in [2.45, 2.75) is 0 Å². The molecule has 54 heavy (non-hydrogen) atoms. The molecule has 0 saturated heterocycles. The number of furan rings is 2. The third-order valence-corrected chi connectivity index (χ3v) is 12.2. The van der Waals surface area contributed by atoms with Crippen LogP contribution in [0.1, 0.15) is 0 Å². The minimum Gasteiger partial charge on any atom is -0.456 e. The molecule has 6 aromatic heterocycles. The highest BCUT2D eigenvalue weighted by atomic mass is 16.3. The van der Waals surface area contributed by atoms with Crippen LogP contribution in [-0.4, -0.2) is 8.80 Å². The zero-order chi connectivity index (χ0) is 34.8. The Morgan fingerprint density at radius 3 is 1.11 bits per heavy atom. The van der Waals surface area contributed by atoms with Crippen molar-refractivity contribution in [3.05, 3.63) is 158 Å². The van der Waals surface area contributed by atoms with Crippen LogP contribution in [0.15, 0.2) is 167 Å². The summed E-state index contributed by atoms with van der Waals surface area (Å²) in [5.74, 6) is 0. The van der Waals surface area contributed by atoms with Crippen LogP contribution in [-0.2, 0) is 0 Å². The van der Waals surface area contributed by atoms with Crippen LogP contribution in [0.25, 0.3) is 132 Å². The van der Waals surface area contributed by atoms with E-state index in [0.717, 1.165) is 55.0 Å². The minimum atomic E-state index is 0.913. The van der Waals surface area contributed by atoms with Gasteiger partial charge in [0.1, 0.15) is 22.3 Å². The number of benzene rings is 8. The van der Waals surface area contributed by atoms with Crippen molar-refractivity contribution in [1.82, 2.24) is 8.80 Å². The molecule has 0 aliphatic heterocycles. The summed E-state index contributed by atoms with van der Waals surface area (Å²) in [5.41, 5.74) is 15.8. The molecule has 0 spiro atoms. The highest BCUT2D eigenvalue weighted by Crippen LogP contribution is 2.47. The summed E-state index contributed by atoms with van der Waals surface area (Å²) in [6.45, 7) is 0. The van der Waals surface area contributed by atoms with E-state index in [1.54, 1.807) is 0 Å². The first-order valence-corrected chi connectivity index (χ1v) is 18.5. The number of fused-ring (bicyclic) bond motifs is 17. The van der Waals surface area contributed by atoms with E-state index in [4.69, 9.17) is 8.83 Å². The Hall–Kier alpha value is -7.30. The monoisotopic (exact) mass is 686 g/mol. The number of para-hydroxylation sites is 4. The second kappa shape index (κ2) is 9.37. The lowest BCUT2D eigenvalue weighted by atomic mass is 10.0. The molecule has 4 heteroatoms. The van der Waals surface area contributed by atoms with Crippen LogP contribution in [0.4, 0.5) is 0 Å². The average molecular weight is 687 g/mol. The van der Waals surface area contributed by atoms with Gasteiger partial charge in [0.05, 0.1) is 33.1 Å². The van der Waals surface area contributed by atoms with Crippen molar-refractivity contribution in [2.75, 3.05) is 0 Å². The summed E-state index contributed by atoms with van der Waals surface area (Å²) in [6.07, 6.45) is 0. The molecule has 0 amide bonds. The van der Waals surface area contributed by atoms with Crippen molar-refractivity contribution in [1.29, 1.82) is 0 Å². The van der Waals surface area contributed by atoms with Crippen LogP contribution >= 0.6 is 0 Å². The van der Waals surface area contributed by atoms with Gasteiger partial charge in [-0.25, -0.2) is 0 Å². The van der Waals surface area contributed by atoms with Gasteiger partial charge in [-0.2, -0.15) is 0 Å². The summed E-state index contributed by atoms with van der Waals surface area (Å²) < 4.78 is 17.7. The summed E-state index contributed by atoms with van der Waals surface area (Å²) in [4.78, 5) is 0. The fourth-order valence-corrected chi connectivity index (χ4v) is 9.86. The third-order valence-electron chi connectivity index (χ3n) is 12.2. The molecular weight excluding hydrogens is 661 g/mol. The Kier molecular flexibility index (Phi) is 4.75. The van der Waals surface area contributed by atoms with E-state index in [1.165, 1.54) is 76.5 Å². The molecule has 0 N–H and O–H groups in total. The quantitative estimate of drug-likeness (QED) is 0.181. The SMILES string of the molecule is c1ccc2c(c1)oc1cc(-c3ccc4c5cccc6c5n(c4c3)c3c4cccc5c7ccc(-c8ccc9c(c8)oc8ccccc89)cc7n(c54)c63)ccc12. The number of hydrogen-bond donors (Lipinski definition) is 0. The molecule has 0 aliphatic carbocycles. The Balaban J connectivity index is 1.04. The molecule has 14 rings (SSSR count). The zero-order valence-corrected chi connectivity index (χ0v) is 28.7. The van der Waals surface area contributed by atoms with Gasteiger partial charge in [-0.1, -0.05) is 109 Å². The molecule has 0 unspecified atom stereocenters. The highest BCUT2D eigenvalue weighted by Gasteiger charge is 2.26. The first kappa shape index (κ1) is 27.4. The molecule has 0 radical (unpaired) electrons. The van der Waals surface area contributed by atoms with Crippen molar-refractivity contribution in [2.24, 2.45) is 0 Å². The maximum absolute atomic E-state index is 6.30. The second-order valence-corrected chi connectivity index (χ2v) is 14.9. The van der Waals surface area contributed by atoms with Gasteiger partial charge in [-0.3, -0.25) is 0 Å². The van der Waals surface area contributed by atoms with E-state index in [-0.39, 0.29) is 0 Å². The first-order valence-electron chi connectivity index (χ1n) is 18.5. The van der Waals surface area contributed by atoms with Crippen molar-refractivity contribution in [3.63, 3.8) is 0 Å². The van der Waals surface area contributed by atoms with Crippen LogP contribution in [0, 0.1) is 0 Å². The molecule has 0 saturated carbocycles. The molecule has 0 bridgehead atoms. The van der Waals surface area contributed by atoms with E-state index in [1.807, 2.05) is 24.3 Å². The zero-order valence-electron chi connectivity index (χ0n) is 28.7. The first-order chi connectivity index (χ1) is 26.8. The third kappa shape index (κ3) is 3.22. The van der Waals surface area contributed by atoms with Gasteiger partial charge >= 0.3 is 0 Å². The van der Waals surface area contributed by atoms with Gasteiger partial charge < -0.3 is 17.6 Å². The number of hydrogen-bond acceptors (Lipinski definition) is 2. The van der Waals surface area contributed by atoms with Gasteiger partial charge in [0, 0.05) is 53.9 Å². The van der Waals surface area contributed by atoms with Crippen LogP contribution < -0.4 is 0 Å². The lowest BCUT2D eigenvalue weighted by molar-refractivity contribution is 0.668. The molecule has 248 valence electrons. The summed E-state index contributed by atoms with van der Waals surface area (Å²) >= 11 is 0. The summed E-state index contributed by atoms with van der Waals surface area (Å²) in [6, 6.07) is 57.3. The van der Waals surface area contributed by atoms with Gasteiger partial charge in [0.2, 0.25) is 0 Å². The predicted octanol–water partition coefficient (Wildman–Crippen LogP) is 14.0.